The standard InChI is InChI=1S/C18H32N2O3/c1-12(2)9-16(21)20-15(17(22)19-13(3)4)11-23-18(20)8-6-7-14(5)10-18/h12-15H,6-11H2,1-5H3,(H,19,22)/t14-,15-,18-/m0/s1. The van der Waals surface area contributed by atoms with E-state index in [1.165, 1.54) is 6.42 Å². The molecule has 5 nitrogen and oxygen atoms in total. The van der Waals surface area contributed by atoms with Crippen LogP contribution in [0.15, 0.2) is 0 Å². The second-order valence-corrected chi connectivity index (χ2v) is 8.00. The molecule has 132 valence electrons. The van der Waals surface area contributed by atoms with E-state index in [-0.39, 0.29) is 23.8 Å². The minimum atomic E-state index is -0.567. The summed E-state index contributed by atoms with van der Waals surface area (Å²) in [5.74, 6) is 0.752. The maximum atomic E-state index is 12.9. The van der Waals surface area contributed by atoms with Crippen molar-refractivity contribution in [3.8, 4) is 0 Å². The molecular weight excluding hydrogens is 292 g/mol. The quantitative estimate of drug-likeness (QED) is 0.865. The van der Waals surface area contributed by atoms with Gasteiger partial charge in [0.15, 0.2) is 0 Å². The van der Waals surface area contributed by atoms with Gasteiger partial charge in [0.25, 0.3) is 0 Å². The van der Waals surface area contributed by atoms with Crippen molar-refractivity contribution in [2.75, 3.05) is 6.61 Å². The number of amides is 2. The van der Waals surface area contributed by atoms with Gasteiger partial charge in [-0.25, -0.2) is 0 Å². The Kier molecular flexibility index (Phi) is 5.71. The van der Waals surface area contributed by atoms with Crippen LogP contribution in [0.25, 0.3) is 0 Å². The Morgan fingerprint density at radius 1 is 1.30 bits per heavy atom. The molecule has 3 atom stereocenters. The van der Waals surface area contributed by atoms with Crippen LogP contribution in [0, 0.1) is 11.8 Å². The van der Waals surface area contributed by atoms with Crippen molar-refractivity contribution >= 4 is 11.8 Å². The first-order valence-corrected chi connectivity index (χ1v) is 9.01. The molecule has 0 unspecified atom stereocenters. The third kappa shape index (κ3) is 4.06. The number of carbonyl (C=O) groups excluding carboxylic acids is 2. The Morgan fingerprint density at radius 3 is 2.57 bits per heavy atom. The monoisotopic (exact) mass is 324 g/mol. The highest BCUT2D eigenvalue weighted by molar-refractivity contribution is 5.89. The van der Waals surface area contributed by atoms with E-state index < -0.39 is 11.8 Å². The number of hydrogen-bond donors (Lipinski definition) is 1. The molecule has 1 saturated heterocycles. The minimum absolute atomic E-state index is 0.0514. The van der Waals surface area contributed by atoms with E-state index in [1.807, 2.05) is 27.7 Å². The molecule has 1 aliphatic carbocycles. The lowest BCUT2D eigenvalue weighted by atomic mass is 9.83. The van der Waals surface area contributed by atoms with E-state index in [0.717, 1.165) is 19.3 Å². The number of nitrogens with one attached hydrogen (secondary N) is 1. The van der Waals surface area contributed by atoms with E-state index >= 15 is 0 Å². The van der Waals surface area contributed by atoms with Gasteiger partial charge in [0.1, 0.15) is 11.8 Å². The van der Waals surface area contributed by atoms with Crippen LogP contribution in [0.4, 0.5) is 0 Å². The van der Waals surface area contributed by atoms with Gasteiger partial charge in [0.2, 0.25) is 11.8 Å². The molecule has 5 heteroatoms. The molecule has 2 rings (SSSR count). The molecular formula is C18H32N2O3. The number of rotatable bonds is 4. The lowest BCUT2D eigenvalue weighted by Crippen LogP contribution is -2.57. The SMILES string of the molecule is CC(C)CC(=O)N1[C@H](C(=O)NC(C)C)CO[C@]12CCC[C@H](C)C2. The second-order valence-electron chi connectivity index (χ2n) is 8.00. The van der Waals surface area contributed by atoms with E-state index in [9.17, 15) is 9.59 Å². The maximum Gasteiger partial charge on any atom is 0.245 e. The van der Waals surface area contributed by atoms with Crippen LogP contribution in [-0.2, 0) is 14.3 Å². The molecule has 1 spiro atoms. The normalized spacial score (nSPS) is 31.2. The average Bonchev–Trinajstić information content (AvgIpc) is 2.75. The van der Waals surface area contributed by atoms with Crippen molar-refractivity contribution < 1.29 is 14.3 Å². The topological polar surface area (TPSA) is 58.6 Å². The molecule has 23 heavy (non-hydrogen) atoms. The molecule has 0 aromatic rings. The first kappa shape index (κ1) is 18.2. The van der Waals surface area contributed by atoms with E-state index in [1.54, 1.807) is 4.90 Å². The van der Waals surface area contributed by atoms with Crippen LogP contribution in [-0.4, -0.2) is 41.1 Å². The molecule has 2 amide bonds. The fourth-order valence-electron chi connectivity index (χ4n) is 3.91. The zero-order valence-electron chi connectivity index (χ0n) is 15.2. The van der Waals surface area contributed by atoms with E-state index in [0.29, 0.717) is 18.9 Å². The largest absolute Gasteiger partial charge is 0.353 e. The molecule has 1 heterocycles. The van der Waals surface area contributed by atoms with Crippen molar-refractivity contribution in [1.82, 2.24) is 10.2 Å². The molecule has 0 radical (unpaired) electrons. The van der Waals surface area contributed by atoms with Crippen molar-refractivity contribution in [3.05, 3.63) is 0 Å². The molecule has 0 bridgehead atoms. The summed E-state index contributed by atoms with van der Waals surface area (Å²) in [7, 11) is 0. The third-order valence-corrected chi connectivity index (χ3v) is 4.78. The van der Waals surface area contributed by atoms with Gasteiger partial charge in [-0.2, -0.15) is 0 Å². The molecule has 0 aromatic carbocycles. The number of hydrogen-bond acceptors (Lipinski definition) is 3. The highest BCUT2D eigenvalue weighted by atomic mass is 16.5. The molecule has 2 fully saturated rings. The highest BCUT2D eigenvalue weighted by Crippen LogP contribution is 2.43. The summed E-state index contributed by atoms with van der Waals surface area (Å²) in [5.41, 5.74) is -0.567. The van der Waals surface area contributed by atoms with Crippen molar-refractivity contribution in [2.45, 2.75) is 84.5 Å². The first-order chi connectivity index (χ1) is 10.7. The van der Waals surface area contributed by atoms with E-state index in [4.69, 9.17) is 4.74 Å². The Morgan fingerprint density at radius 2 is 2.00 bits per heavy atom. The number of nitrogens with zero attached hydrogens (tertiary/aromatic N) is 1. The Bertz CT molecular complexity index is 450. The van der Waals surface area contributed by atoms with Gasteiger partial charge in [0.05, 0.1) is 6.61 Å². The minimum Gasteiger partial charge on any atom is -0.353 e. The van der Waals surface area contributed by atoms with Gasteiger partial charge in [-0.05, 0) is 44.9 Å². The Hall–Kier alpha value is -1.10. The lowest BCUT2D eigenvalue weighted by molar-refractivity contribution is -0.163. The summed E-state index contributed by atoms with van der Waals surface area (Å²) < 4.78 is 6.13. The second kappa shape index (κ2) is 7.20. The summed E-state index contributed by atoms with van der Waals surface area (Å²) in [6.07, 6.45) is 4.35. The molecule has 2 aliphatic rings. The Labute approximate surface area is 140 Å². The maximum absolute atomic E-state index is 12.9. The summed E-state index contributed by atoms with van der Waals surface area (Å²) >= 11 is 0. The first-order valence-electron chi connectivity index (χ1n) is 9.01. The Balaban J connectivity index is 2.25. The number of carbonyl (C=O) groups is 2. The van der Waals surface area contributed by atoms with Crippen molar-refractivity contribution in [2.24, 2.45) is 11.8 Å². The van der Waals surface area contributed by atoms with E-state index in [2.05, 4.69) is 12.2 Å². The van der Waals surface area contributed by atoms with Crippen molar-refractivity contribution in [3.63, 3.8) is 0 Å². The van der Waals surface area contributed by atoms with Crippen LogP contribution in [0.3, 0.4) is 0 Å². The predicted molar refractivity (Wildman–Crippen MR) is 89.7 cm³/mol. The van der Waals surface area contributed by atoms with Gasteiger partial charge in [-0.1, -0.05) is 27.2 Å². The van der Waals surface area contributed by atoms with Crippen LogP contribution < -0.4 is 5.32 Å². The van der Waals surface area contributed by atoms with Crippen LogP contribution in [0.1, 0.15) is 66.7 Å². The summed E-state index contributed by atoms with van der Waals surface area (Å²) in [4.78, 5) is 27.3. The van der Waals surface area contributed by atoms with Crippen LogP contribution >= 0.6 is 0 Å². The molecule has 1 N–H and O–H groups in total. The molecule has 1 saturated carbocycles. The zero-order chi connectivity index (χ0) is 17.2. The van der Waals surface area contributed by atoms with Gasteiger partial charge in [0, 0.05) is 12.5 Å². The smallest absolute Gasteiger partial charge is 0.245 e. The fraction of sp³-hybridized carbons (Fsp3) is 0.889. The average molecular weight is 324 g/mol. The van der Waals surface area contributed by atoms with Gasteiger partial charge in [-0.15, -0.1) is 0 Å². The molecule has 1 aliphatic heterocycles. The number of ether oxygens (including phenoxy) is 1. The predicted octanol–water partition coefficient (Wildman–Crippen LogP) is 2.69. The lowest BCUT2D eigenvalue weighted by Gasteiger charge is -2.43. The summed E-state index contributed by atoms with van der Waals surface area (Å²) in [6.45, 7) is 10.5. The fourth-order valence-corrected chi connectivity index (χ4v) is 3.91. The van der Waals surface area contributed by atoms with Crippen LogP contribution in [0.5, 0.6) is 0 Å². The van der Waals surface area contributed by atoms with Gasteiger partial charge in [-0.3, -0.25) is 14.5 Å². The molecule has 0 aromatic heterocycles. The summed E-state index contributed by atoms with van der Waals surface area (Å²) in [6, 6.07) is -0.430. The zero-order valence-corrected chi connectivity index (χ0v) is 15.2. The van der Waals surface area contributed by atoms with Gasteiger partial charge >= 0.3 is 0 Å². The van der Waals surface area contributed by atoms with Crippen LogP contribution in [0.2, 0.25) is 0 Å². The van der Waals surface area contributed by atoms with Gasteiger partial charge < -0.3 is 10.1 Å². The van der Waals surface area contributed by atoms with Crippen molar-refractivity contribution in [1.29, 1.82) is 0 Å². The summed E-state index contributed by atoms with van der Waals surface area (Å²) in [5, 5.41) is 2.94. The highest BCUT2D eigenvalue weighted by Gasteiger charge is 2.53. The third-order valence-electron chi connectivity index (χ3n) is 4.78.